The molecular weight excluding hydrogens is 480 g/mol. The van der Waals surface area contributed by atoms with Gasteiger partial charge in [0.1, 0.15) is 0 Å². The van der Waals surface area contributed by atoms with Crippen LogP contribution in [0.15, 0.2) is 146 Å². The molecule has 0 spiro atoms. The van der Waals surface area contributed by atoms with Crippen molar-refractivity contribution in [3.05, 3.63) is 157 Å². The smallest absolute Gasteiger partial charge is 0.00199 e. The number of allylic oxidation sites excluding steroid dienone is 4. The number of fused-ring (bicyclic) bond motifs is 5. The van der Waals surface area contributed by atoms with E-state index in [0.717, 1.165) is 12.8 Å². The molecule has 40 heavy (non-hydrogen) atoms. The zero-order valence-electron chi connectivity index (χ0n) is 22.3. The van der Waals surface area contributed by atoms with Crippen LogP contribution in [-0.4, -0.2) is 0 Å². The second-order valence-electron chi connectivity index (χ2n) is 10.8. The molecule has 0 unspecified atom stereocenters. The van der Waals surface area contributed by atoms with Crippen LogP contribution in [0.2, 0.25) is 0 Å². The van der Waals surface area contributed by atoms with Gasteiger partial charge >= 0.3 is 0 Å². The molecule has 1 aliphatic carbocycles. The van der Waals surface area contributed by atoms with Crippen LogP contribution in [-0.2, 0) is 0 Å². The summed E-state index contributed by atoms with van der Waals surface area (Å²) < 4.78 is 0. The topological polar surface area (TPSA) is 0 Å². The highest BCUT2D eigenvalue weighted by Crippen LogP contribution is 2.46. The van der Waals surface area contributed by atoms with Gasteiger partial charge in [0.05, 0.1) is 0 Å². The van der Waals surface area contributed by atoms with Gasteiger partial charge in [-0.2, -0.15) is 0 Å². The Morgan fingerprint density at radius 2 is 0.825 bits per heavy atom. The predicted molar refractivity (Wildman–Crippen MR) is 174 cm³/mol. The highest BCUT2D eigenvalue weighted by molar-refractivity contribution is 6.24. The first-order valence-corrected chi connectivity index (χ1v) is 14.2. The van der Waals surface area contributed by atoms with E-state index < -0.39 is 0 Å². The summed E-state index contributed by atoms with van der Waals surface area (Å²) in [4.78, 5) is 0. The summed E-state index contributed by atoms with van der Waals surface area (Å²) in [6.45, 7) is 0. The molecule has 0 saturated carbocycles. The molecule has 0 fully saturated rings. The van der Waals surface area contributed by atoms with Gasteiger partial charge in [-0.25, -0.2) is 0 Å². The molecule has 8 rings (SSSR count). The van der Waals surface area contributed by atoms with E-state index in [1.807, 2.05) is 0 Å². The third-order valence-corrected chi connectivity index (χ3v) is 8.58. The van der Waals surface area contributed by atoms with Gasteiger partial charge in [-0.05, 0) is 95.4 Å². The van der Waals surface area contributed by atoms with Gasteiger partial charge in [-0.3, -0.25) is 0 Å². The Morgan fingerprint density at radius 1 is 0.350 bits per heavy atom. The number of benzene rings is 7. The molecule has 0 radical (unpaired) electrons. The van der Waals surface area contributed by atoms with Crippen molar-refractivity contribution in [2.24, 2.45) is 0 Å². The van der Waals surface area contributed by atoms with Crippen LogP contribution in [0.25, 0.3) is 65.4 Å². The molecule has 1 aliphatic rings. The van der Waals surface area contributed by atoms with E-state index in [9.17, 15) is 0 Å². The monoisotopic (exact) mass is 508 g/mol. The molecule has 7 aromatic rings. The average molecular weight is 509 g/mol. The Labute approximate surface area is 234 Å². The van der Waals surface area contributed by atoms with Crippen LogP contribution in [0.3, 0.4) is 0 Å². The Balaban J connectivity index is 1.44. The van der Waals surface area contributed by atoms with Crippen molar-refractivity contribution in [3.8, 4) is 11.1 Å². The van der Waals surface area contributed by atoms with Gasteiger partial charge in [0.15, 0.2) is 0 Å². The summed E-state index contributed by atoms with van der Waals surface area (Å²) in [6.07, 6.45) is 6.79. The maximum absolute atomic E-state index is 2.40. The molecule has 0 saturated heterocycles. The fraction of sp³-hybridized carbons (Fsp3) is 0.0500. The lowest BCUT2D eigenvalue weighted by atomic mass is 9.81. The Hall–Kier alpha value is -4.94. The normalized spacial score (nSPS) is 13.6. The second-order valence-corrected chi connectivity index (χ2v) is 10.8. The van der Waals surface area contributed by atoms with Crippen LogP contribution in [0.1, 0.15) is 24.0 Å². The Morgan fingerprint density at radius 3 is 1.45 bits per heavy atom. The minimum absolute atomic E-state index is 1.03. The summed E-state index contributed by atoms with van der Waals surface area (Å²) in [7, 11) is 0. The molecule has 188 valence electrons. The van der Waals surface area contributed by atoms with Gasteiger partial charge in [-0.15, -0.1) is 0 Å². The lowest BCUT2D eigenvalue weighted by Gasteiger charge is -2.22. The van der Waals surface area contributed by atoms with E-state index in [4.69, 9.17) is 0 Å². The minimum atomic E-state index is 1.03. The van der Waals surface area contributed by atoms with Crippen LogP contribution in [0.4, 0.5) is 0 Å². The largest absolute Gasteiger partial charge is 0.0622 e. The average Bonchev–Trinajstić information content (AvgIpc) is 3.04. The summed E-state index contributed by atoms with van der Waals surface area (Å²) in [5, 5.41) is 10.5. The van der Waals surface area contributed by atoms with Crippen LogP contribution >= 0.6 is 0 Å². The first-order chi connectivity index (χ1) is 19.9. The van der Waals surface area contributed by atoms with Crippen LogP contribution in [0, 0.1) is 0 Å². The quantitative estimate of drug-likeness (QED) is 0.164. The lowest BCUT2D eigenvalue weighted by Crippen LogP contribution is -1.98. The van der Waals surface area contributed by atoms with Gasteiger partial charge in [0.2, 0.25) is 0 Å². The van der Waals surface area contributed by atoms with Crippen molar-refractivity contribution in [2.75, 3.05) is 0 Å². The molecule has 0 nitrogen and oxygen atoms in total. The summed E-state index contributed by atoms with van der Waals surface area (Å²) in [5.41, 5.74) is 8.17. The van der Waals surface area contributed by atoms with Crippen LogP contribution < -0.4 is 0 Å². The molecular formula is C40H28. The third-order valence-electron chi connectivity index (χ3n) is 8.58. The molecule has 0 heteroatoms. The third kappa shape index (κ3) is 3.61. The zero-order chi connectivity index (χ0) is 26.5. The first kappa shape index (κ1) is 23.0. The molecule has 0 bridgehead atoms. The molecule has 0 N–H and O–H groups in total. The van der Waals surface area contributed by atoms with E-state index in [-0.39, 0.29) is 0 Å². The van der Waals surface area contributed by atoms with E-state index >= 15 is 0 Å². The van der Waals surface area contributed by atoms with E-state index in [1.165, 1.54) is 76.5 Å². The molecule has 0 aromatic heterocycles. The standard InChI is InChI=1S/C40H28/c1-2-12-27(13-3-1)28-22-24-29(25-23-28)39-34-18-8-10-20-36(34)40(37-21-11-9-19-35(37)39)38-26-30-14-4-5-15-31(30)32-16-6-7-17-33(32)38/h1-22,24,26H,23,25H2. The van der Waals surface area contributed by atoms with Crippen molar-refractivity contribution in [3.63, 3.8) is 0 Å². The van der Waals surface area contributed by atoms with Gasteiger partial charge in [0, 0.05) is 0 Å². The SMILES string of the molecule is C1=C(c2ccccc2)CCC(c2c3ccccc3c(-c3cc4ccccc4c4ccccc34)c3ccccc23)=C1. The van der Waals surface area contributed by atoms with E-state index in [0.29, 0.717) is 0 Å². The number of rotatable bonds is 3. The first-order valence-electron chi connectivity index (χ1n) is 14.2. The maximum atomic E-state index is 2.40. The Kier molecular flexibility index (Phi) is 5.38. The highest BCUT2D eigenvalue weighted by Gasteiger charge is 2.20. The van der Waals surface area contributed by atoms with Gasteiger partial charge in [-0.1, -0.05) is 140 Å². The fourth-order valence-electron chi connectivity index (χ4n) is 6.76. The number of hydrogen-bond donors (Lipinski definition) is 0. The second kappa shape index (κ2) is 9.36. The molecule has 7 aromatic carbocycles. The number of hydrogen-bond acceptors (Lipinski definition) is 0. The fourth-order valence-corrected chi connectivity index (χ4v) is 6.76. The van der Waals surface area contributed by atoms with Gasteiger partial charge < -0.3 is 0 Å². The van der Waals surface area contributed by atoms with Gasteiger partial charge in [0.25, 0.3) is 0 Å². The molecule has 0 aliphatic heterocycles. The van der Waals surface area contributed by atoms with Crippen molar-refractivity contribution < 1.29 is 0 Å². The van der Waals surface area contributed by atoms with Crippen LogP contribution in [0.5, 0.6) is 0 Å². The van der Waals surface area contributed by atoms with Crippen molar-refractivity contribution in [2.45, 2.75) is 12.8 Å². The highest BCUT2D eigenvalue weighted by atomic mass is 14.2. The molecule has 0 heterocycles. The van der Waals surface area contributed by atoms with Crippen molar-refractivity contribution >= 4 is 54.2 Å². The molecule has 0 atom stereocenters. The maximum Gasteiger partial charge on any atom is -0.00199 e. The van der Waals surface area contributed by atoms with E-state index in [2.05, 4.69) is 146 Å². The minimum Gasteiger partial charge on any atom is -0.0622 e. The summed E-state index contributed by atoms with van der Waals surface area (Å²) >= 11 is 0. The van der Waals surface area contributed by atoms with E-state index in [1.54, 1.807) is 0 Å². The summed E-state index contributed by atoms with van der Waals surface area (Å²) in [5.74, 6) is 0. The summed E-state index contributed by atoms with van der Waals surface area (Å²) in [6, 6.07) is 48.9. The molecule has 0 amide bonds. The zero-order valence-corrected chi connectivity index (χ0v) is 22.3. The lowest BCUT2D eigenvalue weighted by molar-refractivity contribution is 1.08. The predicted octanol–water partition coefficient (Wildman–Crippen LogP) is 11.2. The van der Waals surface area contributed by atoms with Crippen molar-refractivity contribution in [1.29, 1.82) is 0 Å². The van der Waals surface area contributed by atoms with Crippen molar-refractivity contribution in [1.82, 2.24) is 0 Å². The Bertz CT molecular complexity index is 2080.